The number of carbonyl (C=O) groups excluding carboxylic acids is 1. The van der Waals surface area contributed by atoms with Gasteiger partial charge in [0.2, 0.25) is 5.91 Å². The molecule has 1 aliphatic heterocycles. The number of amides is 1. The van der Waals surface area contributed by atoms with E-state index in [1.165, 1.54) is 11.8 Å². The van der Waals surface area contributed by atoms with Crippen molar-refractivity contribution in [2.45, 2.75) is 5.16 Å². The van der Waals surface area contributed by atoms with Gasteiger partial charge in [0.25, 0.3) is 0 Å². The van der Waals surface area contributed by atoms with Gasteiger partial charge >= 0.3 is 0 Å². The molecule has 0 spiro atoms. The highest BCUT2D eigenvalue weighted by atomic mass is 32.2. The van der Waals surface area contributed by atoms with Crippen molar-refractivity contribution < 1.29 is 9.53 Å². The molecule has 1 aromatic carbocycles. The molecule has 1 amide bonds. The number of aromatic nitrogens is 4. The molecule has 2 aromatic heterocycles. The van der Waals surface area contributed by atoms with Gasteiger partial charge in [-0.3, -0.25) is 9.78 Å². The minimum absolute atomic E-state index is 0.111. The molecule has 0 aliphatic carbocycles. The maximum Gasteiger partial charge on any atom is 0.233 e. The lowest BCUT2D eigenvalue weighted by atomic mass is 10.1. The van der Waals surface area contributed by atoms with E-state index in [0.29, 0.717) is 32.1 Å². The normalized spacial score (nSPS) is 14.7. The Balaban J connectivity index is 1.49. The maximum absolute atomic E-state index is 12.3. The molecule has 1 fully saturated rings. The first kappa shape index (κ1) is 17.0. The van der Waals surface area contributed by atoms with Crippen LogP contribution in [0.25, 0.3) is 22.3 Å². The highest BCUT2D eigenvalue weighted by Gasteiger charge is 2.19. The molecule has 0 unspecified atom stereocenters. The number of fused-ring (bicyclic) bond motifs is 1. The van der Waals surface area contributed by atoms with E-state index in [-0.39, 0.29) is 5.91 Å². The first-order valence-corrected chi connectivity index (χ1v) is 9.44. The van der Waals surface area contributed by atoms with Gasteiger partial charge in [0.15, 0.2) is 11.0 Å². The van der Waals surface area contributed by atoms with Gasteiger partial charge in [-0.05, 0) is 24.3 Å². The van der Waals surface area contributed by atoms with E-state index in [0.717, 1.165) is 27.4 Å². The second kappa shape index (κ2) is 7.43. The molecule has 3 heterocycles. The molecule has 134 valence electrons. The zero-order valence-corrected chi connectivity index (χ0v) is 15.3. The minimum Gasteiger partial charge on any atom is -0.378 e. The molecule has 0 atom stereocenters. The highest BCUT2D eigenvalue weighted by Crippen LogP contribution is 2.25. The van der Waals surface area contributed by atoms with Crippen LogP contribution in [-0.4, -0.2) is 62.6 Å². The Morgan fingerprint density at radius 1 is 1.23 bits per heavy atom. The molecule has 8 heteroatoms. The summed E-state index contributed by atoms with van der Waals surface area (Å²) in [5.74, 6) is 1.24. The summed E-state index contributed by atoms with van der Waals surface area (Å²) < 4.78 is 7.21. The van der Waals surface area contributed by atoms with Crippen LogP contribution >= 0.6 is 11.8 Å². The molecule has 0 N–H and O–H groups in total. The predicted molar refractivity (Wildman–Crippen MR) is 99.9 cm³/mol. The number of ether oxygens (including phenoxy) is 1. The fourth-order valence-electron chi connectivity index (χ4n) is 2.94. The van der Waals surface area contributed by atoms with Crippen molar-refractivity contribution in [3.63, 3.8) is 0 Å². The SMILES string of the molecule is Cn1c(SCC(=O)N2CCOCC2)nnc1-c1ccc2ncccc2c1. The second-order valence-electron chi connectivity index (χ2n) is 6.06. The number of rotatable bonds is 4. The van der Waals surface area contributed by atoms with Crippen molar-refractivity contribution in [2.75, 3.05) is 32.1 Å². The molecule has 3 aromatic rings. The molecule has 7 nitrogen and oxygen atoms in total. The standard InChI is InChI=1S/C18H19N5O2S/c1-22-17(14-4-5-15-13(11-14)3-2-6-19-15)20-21-18(22)26-12-16(24)23-7-9-25-10-8-23/h2-6,11H,7-10,12H2,1H3. The molecule has 1 saturated heterocycles. The third-order valence-corrected chi connectivity index (χ3v) is 5.39. The Morgan fingerprint density at radius 2 is 2.08 bits per heavy atom. The van der Waals surface area contributed by atoms with E-state index in [4.69, 9.17) is 4.74 Å². The molecular formula is C18H19N5O2S. The summed E-state index contributed by atoms with van der Waals surface area (Å²) in [6.45, 7) is 2.55. The first-order valence-electron chi connectivity index (χ1n) is 8.45. The molecule has 0 saturated carbocycles. The summed E-state index contributed by atoms with van der Waals surface area (Å²) in [5, 5.41) is 10.4. The van der Waals surface area contributed by atoms with Gasteiger partial charge in [-0.15, -0.1) is 10.2 Å². The van der Waals surface area contributed by atoms with Crippen LogP contribution in [0.3, 0.4) is 0 Å². The smallest absolute Gasteiger partial charge is 0.233 e. The number of benzene rings is 1. The van der Waals surface area contributed by atoms with Crippen molar-refractivity contribution in [1.29, 1.82) is 0 Å². The maximum atomic E-state index is 12.3. The number of hydrogen-bond donors (Lipinski definition) is 0. The summed E-state index contributed by atoms with van der Waals surface area (Å²) in [4.78, 5) is 18.5. The summed E-state index contributed by atoms with van der Waals surface area (Å²) in [6, 6.07) is 9.97. The fourth-order valence-corrected chi connectivity index (χ4v) is 3.75. The first-order chi connectivity index (χ1) is 12.7. The molecule has 4 rings (SSSR count). The number of nitrogens with zero attached hydrogens (tertiary/aromatic N) is 5. The summed E-state index contributed by atoms with van der Waals surface area (Å²) in [5.41, 5.74) is 1.93. The summed E-state index contributed by atoms with van der Waals surface area (Å²) in [7, 11) is 1.92. The molecule has 0 radical (unpaired) electrons. The van der Waals surface area contributed by atoms with Crippen LogP contribution in [0, 0.1) is 0 Å². The largest absolute Gasteiger partial charge is 0.378 e. The second-order valence-corrected chi connectivity index (χ2v) is 7.00. The summed E-state index contributed by atoms with van der Waals surface area (Å²) in [6.07, 6.45) is 1.78. The Hall–Kier alpha value is -2.45. The quantitative estimate of drug-likeness (QED) is 0.655. The number of hydrogen-bond acceptors (Lipinski definition) is 6. The Labute approximate surface area is 155 Å². The predicted octanol–water partition coefficient (Wildman–Crippen LogP) is 1.98. The summed E-state index contributed by atoms with van der Waals surface area (Å²) >= 11 is 1.41. The van der Waals surface area contributed by atoms with E-state index in [2.05, 4.69) is 21.2 Å². The Bertz CT molecular complexity index is 936. The van der Waals surface area contributed by atoms with Gasteiger partial charge in [-0.2, -0.15) is 0 Å². The molecular weight excluding hydrogens is 350 g/mol. The lowest BCUT2D eigenvalue weighted by Crippen LogP contribution is -2.41. The van der Waals surface area contributed by atoms with Crippen molar-refractivity contribution >= 4 is 28.6 Å². The van der Waals surface area contributed by atoms with E-state index >= 15 is 0 Å². The lowest BCUT2D eigenvalue weighted by Gasteiger charge is -2.26. The van der Waals surface area contributed by atoms with Crippen molar-refractivity contribution in [2.24, 2.45) is 7.05 Å². The van der Waals surface area contributed by atoms with Gasteiger partial charge in [0, 0.05) is 37.3 Å². The molecule has 0 bridgehead atoms. The number of pyridine rings is 1. The number of carbonyl (C=O) groups is 1. The third-order valence-electron chi connectivity index (χ3n) is 4.38. The molecule has 26 heavy (non-hydrogen) atoms. The third kappa shape index (κ3) is 3.42. The Morgan fingerprint density at radius 3 is 2.92 bits per heavy atom. The van der Waals surface area contributed by atoms with Gasteiger partial charge in [0.05, 0.1) is 24.5 Å². The van der Waals surface area contributed by atoms with Crippen molar-refractivity contribution in [3.05, 3.63) is 36.5 Å². The Kier molecular flexibility index (Phi) is 4.85. The van der Waals surface area contributed by atoms with Crippen LogP contribution in [0.15, 0.2) is 41.7 Å². The minimum atomic E-state index is 0.111. The van der Waals surface area contributed by atoms with Gasteiger partial charge in [-0.1, -0.05) is 17.8 Å². The number of thioether (sulfide) groups is 1. The fraction of sp³-hybridized carbons (Fsp3) is 0.333. The van der Waals surface area contributed by atoms with Crippen LogP contribution in [0.1, 0.15) is 0 Å². The van der Waals surface area contributed by atoms with Crippen LogP contribution in [-0.2, 0) is 16.6 Å². The van der Waals surface area contributed by atoms with Gasteiger partial charge < -0.3 is 14.2 Å². The van der Waals surface area contributed by atoms with Crippen LogP contribution in [0.2, 0.25) is 0 Å². The van der Waals surface area contributed by atoms with Crippen LogP contribution in [0.4, 0.5) is 0 Å². The lowest BCUT2D eigenvalue weighted by molar-refractivity contribution is -0.132. The van der Waals surface area contributed by atoms with E-state index in [1.54, 1.807) is 6.20 Å². The average Bonchev–Trinajstić information content (AvgIpc) is 3.07. The zero-order chi connectivity index (χ0) is 17.9. The number of morpholine rings is 1. The van der Waals surface area contributed by atoms with E-state index in [1.807, 2.05) is 40.8 Å². The molecule has 1 aliphatic rings. The van der Waals surface area contributed by atoms with Crippen molar-refractivity contribution in [1.82, 2.24) is 24.6 Å². The van der Waals surface area contributed by atoms with Crippen LogP contribution in [0.5, 0.6) is 0 Å². The zero-order valence-electron chi connectivity index (χ0n) is 14.5. The van der Waals surface area contributed by atoms with Crippen molar-refractivity contribution in [3.8, 4) is 11.4 Å². The van der Waals surface area contributed by atoms with E-state index in [9.17, 15) is 4.79 Å². The topological polar surface area (TPSA) is 73.1 Å². The highest BCUT2D eigenvalue weighted by molar-refractivity contribution is 7.99. The van der Waals surface area contributed by atoms with Gasteiger partial charge in [-0.25, -0.2) is 0 Å². The van der Waals surface area contributed by atoms with E-state index < -0.39 is 0 Å². The monoisotopic (exact) mass is 369 g/mol. The average molecular weight is 369 g/mol. The van der Waals surface area contributed by atoms with Gasteiger partial charge in [0.1, 0.15) is 0 Å². The van der Waals surface area contributed by atoms with Crippen LogP contribution < -0.4 is 0 Å².